The van der Waals surface area contributed by atoms with Crippen LogP contribution in [-0.2, 0) is 9.59 Å². The molecular formula is C9H16N2O3. The fourth-order valence-corrected chi connectivity index (χ4v) is 1.84. The molecule has 5 nitrogen and oxygen atoms in total. The Hall–Kier alpha value is -1.10. The Bertz CT molecular complexity index is 230. The quantitative estimate of drug-likeness (QED) is 0.658. The van der Waals surface area contributed by atoms with Gasteiger partial charge in [-0.25, -0.2) is 0 Å². The van der Waals surface area contributed by atoms with Crippen LogP contribution in [0.2, 0.25) is 0 Å². The minimum atomic E-state index is -0.845. The summed E-state index contributed by atoms with van der Waals surface area (Å²) in [5, 5.41) is 8.64. The second-order valence-corrected chi connectivity index (χ2v) is 3.52. The van der Waals surface area contributed by atoms with E-state index < -0.39 is 5.97 Å². The number of likely N-dealkylation sites (tertiary alicyclic amines) is 1. The summed E-state index contributed by atoms with van der Waals surface area (Å²) in [6, 6.07) is -0.119. The van der Waals surface area contributed by atoms with Crippen LogP contribution in [0, 0.1) is 0 Å². The molecule has 1 amide bonds. The van der Waals surface area contributed by atoms with Crippen LogP contribution in [-0.4, -0.2) is 41.0 Å². The van der Waals surface area contributed by atoms with Crippen LogP contribution in [0.4, 0.5) is 0 Å². The van der Waals surface area contributed by atoms with Crippen molar-refractivity contribution in [1.82, 2.24) is 4.90 Å². The molecule has 0 bridgehead atoms. The SMILES string of the molecule is NCCC(=O)N1CCCC1CC(=O)O. The first-order valence-electron chi connectivity index (χ1n) is 4.86. The fraction of sp³-hybridized carbons (Fsp3) is 0.778. The third-order valence-electron chi connectivity index (χ3n) is 2.47. The van der Waals surface area contributed by atoms with Crippen molar-refractivity contribution in [3.05, 3.63) is 0 Å². The zero-order chi connectivity index (χ0) is 10.6. The number of hydrogen-bond donors (Lipinski definition) is 2. The third kappa shape index (κ3) is 2.70. The lowest BCUT2D eigenvalue weighted by Crippen LogP contribution is -2.37. The molecule has 5 heteroatoms. The summed E-state index contributed by atoms with van der Waals surface area (Å²) in [5.74, 6) is -0.862. The minimum absolute atomic E-state index is 0.0174. The minimum Gasteiger partial charge on any atom is -0.481 e. The van der Waals surface area contributed by atoms with Crippen LogP contribution in [0.1, 0.15) is 25.7 Å². The van der Waals surface area contributed by atoms with E-state index in [1.807, 2.05) is 0 Å². The van der Waals surface area contributed by atoms with Gasteiger partial charge >= 0.3 is 5.97 Å². The number of amides is 1. The molecule has 0 aromatic carbocycles. The number of aliphatic carboxylic acids is 1. The van der Waals surface area contributed by atoms with Crippen LogP contribution >= 0.6 is 0 Å². The van der Waals surface area contributed by atoms with Crippen LogP contribution in [0.5, 0.6) is 0 Å². The summed E-state index contributed by atoms with van der Waals surface area (Å²) in [7, 11) is 0. The zero-order valence-corrected chi connectivity index (χ0v) is 8.11. The highest BCUT2D eigenvalue weighted by molar-refractivity contribution is 5.78. The second-order valence-electron chi connectivity index (χ2n) is 3.52. The highest BCUT2D eigenvalue weighted by Gasteiger charge is 2.29. The summed E-state index contributed by atoms with van der Waals surface area (Å²) in [5.41, 5.74) is 5.28. The topological polar surface area (TPSA) is 83.6 Å². The maximum absolute atomic E-state index is 11.5. The average Bonchev–Trinajstić information content (AvgIpc) is 2.51. The summed E-state index contributed by atoms with van der Waals surface area (Å²) >= 11 is 0. The Morgan fingerprint density at radius 1 is 1.50 bits per heavy atom. The van der Waals surface area contributed by atoms with Crippen molar-refractivity contribution < 1.29 is 14.7 Å². The molecule has 0 aromatic rings. The van der Waals surface area contributed by atoms with Crippen molar-refractivity contribution in [2.24, 2.45) is 5.73 Å². The van der Waals surface area contributed by atoms with Crippen LogP contribution in [0.25, 0.3) is 0 Å². The van der Waals surface area contributed by atoms with Gasteiger partial charge in [0, 0.05) is 25.6 Å². The molecule has 80 valence electrons. The molecule has 1 saturated heterocycles. The maximum atomic E-state index is 11.5. The van der Waals surface area contributed by atoms with Crippen LogP contribution < -0.4 is 5.73 Å². The van der Waals surface area contributed by atoms with Gasteiger partial charge in [0.1, 0.15) is 0 Å². The summed E-state index contributed by atoms with van der Waals surface area (Å²) in [4.78, 5) is 23.7. The van der Waals surface area contributed by atoms with E-state index >= 15 is 0 Å². The van der Waals surface area contributed by atoms with Crippen molar-refractivity contribution >= 4 is 11.9 Å². The third-order valence-corrected chi connectivity index (χ3v) is 2.47. The normalized spacial score (nSPS) is 21.2. The number of carboxylic acid groups (broad SMARTS) is 1. The number of rotatable bonds is 4. The molecule has 0 aliphatic carbocycles. The van der Waals surface area contributed by atoms with Gasteiger partial charge in [0.05, 0.1) is 6.42 Å². The molecule has 1 atom stereocenters. The van der Waals surface area contributed by atoms with Gasteiger partial charge in [0.2, 0.25) is 5.91 Å². The predicted octanol–water partition coefficient (Wildman–Crippen LogP) is -0.199. The number of hydrogen-bond acceptors (Lipinski definition) is 3. The van der Waals surface area contributed by atoms with Crippen molar-refractivity contribution in [3.63, 3.8) is 0 Å². The Morgan fingerprint density at radius 3 is 2.79 bits per heavy atom. The zero-order valence-electron chi connectivity index (χ0n) is 8.11. The van der Waals surface area contributed by atoms with Crippen molar-refractivity contribution in [2.75, 3.05) is 13.1 Å². The number of carbonyl (C=O) groups is 2. The first-order valence-corrected chi connectivity index (χ1v) is 4.86. The summed E-state index contributed by atoms with van der Waals surface area (Å²) in [6.45, 7) is 1.01. The van der Waals surface area contributed by atoms with Gasteiger partial charge in [-0.05, 0) is 12.8 Å². The van der Waals surface area contributed by atoms with Gasteiger partial charge in [0.25, 0.3) is 0 Å². The van der Waals surface area contributed by atoms with E-state index in [1.165, 1.54) is 0 Å². The molecule has 1 aliphatic heterocycles. The lowest BCUT2D eigenvalue weighted by molar-refractivity contribution is -0.139. The first kappa shape index (κ1) is 11.0. The van der Waals surface area contributed by atoms with E-state index in [1.54, 1.807) is 4.90 Å². The van der Waals surface area contributed by atoms with Gasteiger partial charge < -0.3 is 15.7 Å². The molecule has 1 rings (SSSR count). The van der Waals surface area contributed by atoms with Crippen LogP contribution in [0.3, 0.4) is 0 Å². The molecule has 0 aromatic heterocycles. The monoisotopic (exact) mass is 200 g/mol. The molecule has 0 radical (unpaired) electrons. The number of carboxylic acids is 1. The van der Waals surface area contributed by atoms with Gasteiger partial charge in [-0.15, -0.1) is 0 Å². The molecule has 0 saturated carbocycles. The highest BCUT2D eigenvalue weighted by atomic mass is 16.4. The average molecular weight is 200 g/mol. The van der Waals surface area contributed by atoms with Crippen molar-refractivity contribution in [2.45, 2.75) is 31.7 Å². The molecular weight excluding hydrogens is 184 g/mol. The number of nitrogens with two attached hydrogens (primary N) is 1. The Balaban J connectivity index is 2.50. The smallest absolute Gasteiger partial charge is 0.305 e. The van der Waals surface area contributed by atoms with Gasteiger partial charge in [0.15, 0.2) is 0 Å². The van der Waals surface area contributed by atoms with Crippen molar-refractivity contribution in [3.8, 4) is 0 Å². The number of nitrogens with zero attached hydrogens (tertiary/aromatic N) is 1. The highest BCUT2D eigenvalue weighted by Crippen LogP contribution is 2.20. The Kier molecular flexibility index (Phi) is 3.88. The summed E-state index contributed by atoms with van der Waals surface area (Å²) in [6.07, 6.45) is 2.06. The van der Waals surface area contributed by atoms with Gasteiger partial charge in [-0.1, -0.05) is 0 Å². The summed E-state index contributed by atoms with van der Waals surface area (Å²) < 4.78 is 0. The molecule has 0 spiro atoms. The van der Waals surface area contributed by atoms with E-state index in [0.717, 1.165) is 12.8 Å². The Morgan fingerprint density at radius 2 is 2.21 bits per heavy atom. The lowest BCUT2D eigenvalue weighted by atomic mass is 10.1. The number of carbonyl (C=O) groups excluding carboxylic acids is 1. The second kappa shape index (κ2) is 4.95. The Labute approximate surface area is 82.9 Å². The molecule has 1 fully saturated rings. The largest absolute Gasteiger partial charge is 0.481 e. The van der Waals surface area contributed by atoms with E-state index in [9.17, 15) is 9.59 Å². The van der Waals surface area contributed by atoms with Crippen LogP contribution in [0.15, 0.2) is 0 Å². The van der Waals surface area contributed by atoms with E-state index in [4.69, 9.17) is 10.8 Å². The van der Waals surface area contributed by atoms with Crippen molar-refractivity contribution in [1.29, 1.82) is 0 Å². The standard InChI is InChI=1S/C9H16N2O3/c10-4-3-8(12)11-5-1-2-7(11)6-9(13)14/h7H,1-6,10H2,(H,13,14). The molecule has 14 heavy (non-hydrogen) atoms. The van der Waals surface area contributed by atoms with Gasteiger partial charge in [-0.2, -0.15) is 0 Å². The maximum Gasteiger partial charge on any atom is 0.305 e. The first-order chi connectivity index (χ1) is 6.65. The van der Waals surface area contributed by atoms with E-state index in [2.05, 4.69) is 0 Å². The molecule has 3 N–H and O–H groups in total. The predicted molar refractivity (Wildman–Crippen MR) is 50.7 cm³/mol. The van der Waals surface area contributed by atoms with Gasteiger partial charge in [-0.3, -0.25) is 9.59 Å². The fourth-order valence-electron chi connectivity index (χ4n) is 1.84. The van der Waals surface area contributed by atoms with E-state index in [-0.39, 0.29) is 18.4 Å². The lowest BCUT2D eigenvalue weighted by Gasteiger charge is -2.23. The molecule has 1 unspecified atom stereocenters. The van der Waals surface area contributed by atoms with E-state index in [0.29, 0.717) is 19.5 Å². The molecule has 1 heterocycles. The molecule has 1 aliphatic rings.